The highest BCUT2D eigenvalue weighted by Crippen LogP contribution is 2.12. The van der Waals surface area contributed by atoms with Crippen molar-refractivity contribution in [2.75, 3.05) is 17.2 Å². The molecular weight excluding hydrogens is 304 g/mol. The third-order valence-electron chi connectivity index (χ3n) is 3.50. The zero-order valence-electron chi connectivity index (χ0n) is 14.0. The van der Waals surface area contributed by atoms with Crippen molar-refractivity contribution < 1.29 is 9.59 Å². The number of hydrogen-bond donors (Lipinski definition) is 2. The lowest BCUT2D eigenvalue weighted by molar-refractivity contribution is 0.101. The average Bonchev–Trinajstić information content (AvgIpc) is 2.59. The van der Waals surface area contributed by atoms with Crippen LogP contribution in [-0.4, -0.2) is 28.2 Å². The minimum Gasteiger partial charge on any atom is -0.354 e. The van der Waals surface area contributed by atoms with Crippen molar-refractivity contribution in [3.8, 4) is 0 Å². The second-order valence-electron chi connectivity index (χ2n) is 5.49. The van der Waals surface area contributed by atoms with Crippen LogP contribution in [0.4, 0.5) is 11.6 Å². The van der Waals surface area contributed by atoms with E-state index in [9.17, 15) is 9.59 Å². The standard InChI is InChI=1S/C18H22N4O2/c1-3-4-5-11-19-18-20-12-10-16(22-18)17(24)21-15-8-6-14(7-9-15)13(2)23/h6-10,12H,3-5,11H2,1-2H3,(H,21,24)(H,19,20,22). The van der Waals surface area contributed by atoms with Gasteiger partial charge in [0, 0.05) is 24.0 Å². The fourth-order valence-electron chi connectivity index (χ4n) is 2.13. The van der Waals surface area contributed by atoms with Crippen LogP contribution >= 0.6 is 0 Å². The first-order valence-corrected chi connectivity index (χ1v) is 8.09. The second-order valence-corrected chi connectivity index (χ2v) is 5.49. The third-order valence-corrected chi connectivity index (χ3v) is 3.50. The van der Waals surface area contributed by atoms with Gasteiger partial charge in [-0.05, 0) is 43.7 Å². The van der Waals surface area contributed by atoms with Crippen LogP contribution in [0, 0.1) is 0 Å². The molecule has 6 heteroatoms. The molecule has 0 unspecified atom stereocenters. The van der Waals surface area contributed by atoms with Crippen molar-refractivity contribution >= 4 is 23.3 Å². The number of carbonyl (C=O) groups excluding carboxylic acids is 2. The lowest BCUT2D eigenvalue weighted by atomic mass is 10.1. The Bertz CT molecular complexity index is 698. The first-order chi connectivity index (χ1) is 11.6. The molecule has 0 atom stereocenters. The number of nitrogens with one attached hydrogen (secondary N) is 2. The van der Waals surface area contributed by atoms with Gasteiger partial charge in [0.05, 0.1) is 0 Å². The molecule has 0 saturated heterocycles. The van der Waals surface area contributed by atoms with Crippen LogP contribution in [0.1, 0.15) is 54.0 Å². The molecule has 0 fully saturated rings. The van der Waals surface area contributed by atoms with E-state index in [-0.39, 0.29) is 11.7 Å². The van der Waals surface area contributed by atoms with Gasteiger partial charge in [0.25, 0.3) is 5.91 Å². The number of anilines is 2. The summed E-state index contributed by atoms with van der Waals surface area (Å²) in [5.74, 6) is 0.123. The maximum Gasteiger partial charge on any atom is 0.274 e. The predicted molar refractivity (Wildman–Crippen MR) is 94.4 cm³/mol. The molecule has 0 aliphatic carbocycles. The molecule has 0 saturated carbocycles. The Labute approximate surface area is 141 Å². The summed E-state index contributed by atoms with van der Waals surface area (Å²) in [5.41, 5.74) is 1.51. The van der Waals surface area contributed by atoms with E-state index in [0.717, 1.165) is 25.8 Å². The Balaban J connectivity index is 1.97. The number of ketones is 1. The molecule has 0 bridgehead atoms. The molecule has 2 N–H and O–H groups in total. The van der Waals surface area contributed by atoms with Crippen LogP contribution in [0.5, 0.6) is 0 Å². The van der Waals surface area contributed by atoms with Crippen molar-refractivity contribution in [3.05, 3.63) is 47.8 Å². The molecule has 0 radical (unpaired) electrons. The Hall–Kier alpha value is -2.76. The topological polar surface area (TPSA) is 84.0 Å². The molecule has 2 rings (SSSR count). The number of nitrogens with zero attached hydrogens (tertiary/aromatic N) is 2. The molecule has 126 valence electrons. The lowest BCUT2D eigenvalue weighted by Gasteiger charge is -2.07. The zero-order chi connectivity index (χ0) is 17.4. The summed E-state index contributed by atoms with van der Waals surface area (Å²) in [6, 6.07) is 8.31. The van der Waals surface area contributed by atoms with Crippen LogP contribution in [0.15, 0.2) is 36.5 Å². The monoisotopic (exact) mass is 326 g/mol. The SMILES string of the molecule is CCCCCNc1nccc(C(=O)Nc2ccc(C(C)=O)cc2)n1. The number of Topliss-reactive ketones (excluding diaryl/α,β-unsaturated/α-hetero) is 1. The van der Waals surface area contributed by atoms with Gasteiger partial charge in [0.1, 0.15) is 5.69 Å². The van der Waals surface area contributed by atoms with Gasteiger partial charge in [-0.3, -0.25) is 9.59 Å². The van der Waals surface area contributed by atoms with Crippen molar-refractivity contribution in [1.29, 1.82) is 0 Å². The summed E-state index contributed by atoms with van der Waals surface area (Å²) in [6.45, 7) is 4.43. The van der Waals surface area contributed by atoms with Crippen LogP contribution < -0.4 is 10.6 Å². The van der Waals surface area contributed by atoms with Gasteiger partial charge in [-0.15, -0.1) is 0 Å². The van der Waals surface area contributed by atoms with E-state index in [1.165, 1.54) is 6.92 Å². The van der Waals surface area contributed by atoms with Gasteiger partial charge < -0.3 is 10.6 Å². The van der Waals surface area contributed by atoms with Crippen molar-refractivity contribution in [2.24, 2.45) is 0 Å². The number of amides is 1. The fourth-order valence-corrected chi connectivity index (χ4v) is 2.13. The summed E-state index contributed by atoms with van der Waals surface area (Å²) in [6.07, 6.45) is 4.89. The van der Waals surface area contributed by atoms with Gasteiger partial charge in [-0.1, -0.05) is 19.8 Å². The Kier molecular flexibility index (Phi) is 6.42. The van der Waals surface area contributed by atoms with Crippen molar-refractivity contribution in [1.82, 2.24) is 9.97 Å². The molecule has 6 nitrogen and oxygen atoms in total. The third kappa shape index (κ3) is 5.15. The zero-order valence-corrected chi connectivity index (χ0v) is 14.0. The molecule has 0 aliphatic rings. The van der Waals surface area contributed by atoms with Gasteiger partial charge in [0.15, 0.2) is 5.78 Å². The van der Waals surface area contributed by atoms with E-state index < -0.39 is 0 Å². The average molecular weight is 326 g/mol. The number of rotatable bonds is 8. The summed E-state index contributed by atoms with van der Waals surface area (Å²) in [4.78, 5) is 31.9. The summed E-state index contributed by atoms with van der Waals surface area (Å²) in [7, 11) is 0. The molecule has 1 amide bonds. The highest BCUT2D eigenvalue weighted by Gasteiger charge is 2.09. The Morgan fingerprint density at radius 2 is 1.83 bits per heavy atom. The van der Waals surface area contributed by atoms with E-state index in [1.807, 2.05) is 0 Å². The predicted octanol–water partition coefficient (Wildman–Crippen LogP) is 3.53. The largest absolute Gasteiger partial charge is 0.354 e. The number of hydrogen-bond acceptors (Lipinski definition) is 5. The lowest BCUT2D eigenvalue weighted by Crippen LogP contribution is -2.15. The number of unbranched alkanes of at least 4 members (excludes halogenated alkanes) is 2. The minimum atomic E-state index is -0.315. The quantitative estimate of drug-likeness (QED) is 0.572. The first kappa shape index (κ1) is 17.6. The molecule has 1 aromatic heterocycles. The van der Waals surface area contributed by atoms with E-state index >= 15 is 0 Å². The number of aromatic nitrogens is 2. The fraction of sp³-hybridized carbons (Fsp3) is 0.333. The Morgan fingerprint density at radius 3 is 2.50 bits per heavy atom. The normalized spacial score (nSPS) is 10.2. The molecule has 0 aliphatic heterocycles. The van der Waals surface area contributed by atoms with Crippen LogP contribution in [0.2, 0.25) is 0 Å². The molecule has 1 aromatic carbocycles. The molecule has 0 spiro atoms. The van der Waals surface area contributed by atoms with E-state index in [1.54, 1.807) is 36.5 Å². The number of benzene rings is 1. The molecule has 2 aromatic rings. The van der Waals surface area contributed by atoms with Crippen LogP contribution in [0.3, 0.4) is 0 Å². The molecule has 1 heterocycles. The van der Waals surface area contributed by atoms with Crippen molar-refractivity contribution in [2.45, 2.75) is 33.1 Å². The smallest absolute Gasteiger partial charge is 0.274 e. The minimum absolute atomic E-state index is 0.0116. The second kappa shape index (κ2) is 8.76. The van der Waals surface area contributed by atoms with Crippen LogP contribution in [0.25, 0.3) is 0 Å². The first-order valence-electron chi connectivity index (χ1n) is 8.09. The van der Waals surface area contributed by atoms with E-state index in [0.29, 0.717) is 22.9 Å². The maximum absolute atomic E-state index is 12.3. The summed E-state index contributed by atoms with van der Waals surface area (Å²) < 4.78 is 0. The maximum atomic E-state index is 12.3. The molecular formula is C18H22N4O2. The summed E-state index contributed by atoms with van der Waals surface area (Å²) >= 11 is 0. The highest BCUT2D eigenvalue weighted by atomic mass is 16.2. The summed E-state index contributed by atoms with van der Waals surface area (Å²) in [5, 5.41) is 5.88. The molecule has 24 heavy (non-hydrogen) atoms. The van der Waals surface area contributed by atoms with Gasteiger partial charge in [-0.25, -0.2) is 9.97 Å². The van der Waals surface area contributed by atoms with Gasteiger partial charge in [0.2, 0.25) is 5.95 Å². The van der Waals surface area contributed by atoms with Crippen molar-refractivity contribution in [3.63, 3.8) is 0 Å². The van der Waals surface area contributed by atoms with Gasteiger partial charge in [-0.2, -0.15) is 0 Å². The Morgan fingerprint density at radius 1 is 1.08 bits per heavy atom. The van der Waals surface area contributed by atoms with Gasteiger partial charge >= 0.3 is 0 Å². The number of carbonyl (C=O) groups is 2. The highest BCUT2D eigenvalue weighted by molar-refractivity contribution is 6.03. The van der Waals surface area contributed by atoms with E-state index in [4.69, 9.17) is 0 Å². The van der Waals surface area contributed by atoms with E-state index in [2.05, 4.69) is 27.5 Å². The van der Waals surface area contributed by atoms with Crippen LogP contribution in [-0.2, 0) is 0 Å².